The Balaban J connectivity index is 2.11. The van der Waals surface area contributed by atoms with Gasteiger partial charge in [-0.05, 0) is 60.3 Å². The SMILES string of the molecule is C=CCOc1ccc(C(O)=C2C(=O)C(=O)N(CCN(CC)CC)[C@H]2c2ccc(C(C)(C)C)cc2)c(C)c1. The Hall–Kier alpha value is -3.38. The van der Waals surface area contributed by atoms with Crippen molar-refractivity contribution in [2.75, 3.05) is 32.8 Å². The van der Waals surface area contributed by atoms with Gasteiger partial charge in [-0.15, -0.1) is 0 Å². The highest BCUT2D eigenvalue weighted by Crippen LogP contribution is 2.40. The lowest BCUT2D eigenvalue weighted by molar-refractivity contribution is -0.140. The molecular formula is C31H40N2O4. The predicted molar refractivity (Wildman–Crippen MR) is 149 cm³/mol. The molecule has 0 aliphatic carbocycles. The quantitative estimate of drug-likeness (QED) is 0.197. The molecular weight excluding hydrogens is 464 g/mol. The Morgan fingerprint density at radius 3 is 2.30 bits per heavy atom. The summed E-state index contributed by atoms with van der Waals surface area (Å²) in [4.78, 5) is 30.5. The summed E-state index contributed by atoms with van der Waals surface area (Å²) < 4.78 is 5.61. The number of aryl methyl sites for hydroxylation is 1. The van der Waals surface area contributed by atoms with E-state index < -0.39 is 17.7 Å². The fourth-order valence-electron chi connectivity index (χ4n) is 4.70. The van der Waals surface area contributed by atoms with Crippen molar-refractivity contribution in [3.05, 3.63) is 82.9 Å². The van der Waals surface area contributed by atoms with Gasteiger partial charge in [-0.1, -0.05) is 71.5 Å². The smallest absolute Gasteiger partial charge is 0.295 e. The molecule has 0 saturated carbocycles. The minimum atomic E-state index is -0.666. The molecule has 1 amide bonds. The maximum Gasteiger partial charge on any atom is 0.295 e. The second-order valence-corrected chi connectivity index (χ2v) is 10.5. The Bertz CT molecular complexity index is 1170. The van der Waals surface area contributed by atoms with Crippen LogP contribution in [-0.2, 0) is 15.0 Å². The van der Waals surface area contributed by atoms with Crippen molar-refractivity contribution in [1.82, 2.24) is 9.80 Å². The van der Waals surface area contributed by atoms with Gasteiger partial charge in [-0.2, -0.15) is 0 Å². The van der Waals surface area contributed by atoms with Crippen molar-refractivity contribution < 1.29 is 19.4 Å². The second kappa shape index (κ2) is 11.8. The molecule has 0 bridgehead atoms. The van der Waals surface area contributed by atoms with Crippen molar-refractivity contribution in [2.24, 2.45) is 0 Å². The van der Waals surface area contributed by atoms with Gasteiger partial charge in [0, 0.05) is 18.7 Å². The molecule has 1 fully saturated rings. The van der Waals surface area contributed by atoms with Crippen LogP contribution in [0.15, 0.2) is 60.7 Å². The first kappa shape index (κ1) is 28.2. The number of carbonyl (C=O) groups is 2. The summed E-state index contributed by atoms with van der Waals surface area (Å²) in [6.45, 7) is 19.2. The Morgan fingerprint density at radius 1 is 1.11 bits per heavy atom. The summed E-state index contributed by atoms with van der Waals surface area (Å²) in [5.41, 5.74) is 3.30. The highest BCUT2D eigenvalue weighted by Gasteiger charge is 2.46. The summed E-state index contributed by atoms with van der Waals surface area (Å²) >= 11 is 0. The molecule has 37 heavy (non-hydrogen) atoms. The molecule has 1 aliphatic heterocycles. The Morgan fingerprint density at radius 2 is 1.76 bits per heavy atom. The standard InChI is InChI=1S/C31H40N2O4/c1-8-19-37-24-15-16-25(21(4)20-24)28(34)26-27(22-11-13-23(14-12-22)31(5,6)7)33(30(36)29(26)35)18-17-32(9-2)10-3/h8,11-16,20,27,34H,1,9-10,17-19H2,2-7H3/t27-/m0/s1. The third-order valence-electron chi connectivity index (χ3n) is 7.00. The number of likely N-dealkylation sites (tertiary alicyclic amines) is 1. The lowest BCUT2D eigenvalue weighted by Crippen LogP contribution is -2.38. The van der Waals surface area contributed by atoms with Crippen LogP contribution in [0.25, 0.3) is 5.76 Å². The number of aliphatic hydroxyl groups is 1. The molecule has 0 aromatic heterocycles. The molecule has 1 N–H and O–H groups in total. The summed E-state index contributed by atoms with van der Waals surface area (Å²) in [5, 5.41) is 11.5. The van der Waals surface area contributed by atoms with Gasteiger partial charge < -0.3 is 19.6 Å². The van der Waals surface area contributed by atoms with Crippen LogP contribution in [-0.4, -0.2) is 59.4 Å². The average Bonchev–Trinajstić information content (AvgIpc) is 3.12. The van der Waals surface area contributed by atoms with Gasteiger partial charge in [-0.25, -0.2) is 0 Å². The van der Waals surface area contributed by atoms with Gasteiger partial charge in [0.1, 0.15) is 18.1 Å². The molecule has 1 saturated heterocycles. The number of hydrogen-bond acceptors (Lipinski definition) is 5. The number of ether oxygens (including phenoxy) is 1. The van der Waals surface area contributed by atoms with Crippen LogP contribution >= 0.6 is 0 Å². The van der Waals surface area contributed by atoms with E-state index in [9.17, 15) is 14.7 Å². The zero-order chi connectivity index (χ0) is 27.3. The van der Waals surface area contributed by atoms with Crippen LogP contribution in [0.1, 0.15) is 62.9 Å². The summed E-state index contributed by atoms with van der Waals surface area (Å²) in [5.74, 6) is -0.764. The van der Waals surface area contributed by atoms with Gasteiger partial charge in [-0.3, -0.25) is 9.59 Å². The van der Waals surface area contributed by atoms with Gasteiger partial charge in [0.2, 0.25) is 0 Å². The van der Waals surface area contributed by atoms with E-state index >= 15 is 0 Å². The average molecular weight is 505 g/mol. The second-order valence-electron chi connectivity index (χ2n) is 10.5. The maximum atomic E-state index is 13.4. The van der Waals surface area contributed by atoms with E-state index in [1.54, 1.807) is 23.1 Å². The fourth-order valence-corrected chi connectivity index (χ4v) is 4.70. The summed E-state index contributed by atoms with van der Waals surface area (Å²) in [6.07, 6.45) is 1.66. The first-order chi connectivity index (χ1) is 17.5. The number of Topliss-reactive ketones (excluding diaryl/α,β-unsaturated/α-hetero) is 1. The van der Waals surface area contributed by atoms with E-state index in [0.29, 0.717) is 31.0 Å². The number of benzene rings is 2. The van der Waals surface area contributed by atoms with E-state index in [0.717, 1.165) is 29.8 Å². The highest BCUT2D eigenvalue weighted by molar-refractivity contribution is 6.46. The summed E-state index contributed by atoms with van der Waals surface area (Å²) in [7, 11) is 0. The van der Waals surface area contributed by atoms with E-state index in [4.69, 9.17) is 4.74 Å². The third-order valence-corrected chi connectivity index (χ3v) is 7.00. The fraction of sp³-hybridized carbons (Fsp3) is 0.419. The van der Waals surface area contributed by atoms with E-state index in [-0.39, 0.29) is 16.7 Å². The minimum Gasteiger partial charge on any atom is -0.507 e. The lowest BCUT2D eigenvalue weighted by Gasteiger charge is -2.29. The number of aliphatic hydroxyl groups excluding tert-OH is 1. The Labute approximate surface area is 221 Å². The van der Waals surface area contributed by atoms with Crippen LogP contribution < -0.4 is 4.74 Å². The first-order valence-electron chi connectivity index (χ1n) is 13.0. The van der Waals surface area contributed by atoms with Gasteiger partial charge in [0.05, 0.1) is 11.6 Å². The van der Waals surface area contributed by atoms with Crippen LogP contribution in [0.2, 0.25) is 0 Å². The normalized spacial score (nSPS) is 17.5. The van der Waals surface area contributed by atoms with Crippen LogP contribution in [0.5, 0.6) is 5.75 Å². The first-order valence-corrected chi connectivity index (χ1v) is 13.0. The molecule has 1 atom stereocenters. The topological polar surface area (TPSA) is 70.1 Å². The number of ketones is 1. The van der Waals surface area contributed by atoms with E-state index in [1.807, 2.05) is 37.3 Å². The molecule has 0 radical (unpaired) electrons. The van der Waals surface area contributed by atoms with Crippen molar-refractivity contribution in [1.29, 1.82) is 0 Å². The molecule has 1 heterocycles. The minimum absolute atomic E-state index is 0.0321. The molecule has 3 rings (SSSR count). The van der Waals surface area contributed by atoms with Crippen LogP contribution in [0.3, 0.4) is 0 Å². The zero-order valence-electron chi connectivity index (χ0n) is 23.0. The largest absolute Gasteiger partial charge is 0.507 e. The van der Waals surface area contributed by atoms with Crippen molar-refractivity contribution in [3.63, 3.8) is 0 Å². The van der Waals surface area contributed by atoms with E-state index in [2.05, 4.69) is 46.1 Å². The molecule has 1 aliphatic rings. The molecule has 198 valence electrons. The zero-order valence-corrected chi connectivity index (χ0v) is 23.0. The number of nitrogens with zero attached hydrogens (tertiary/aromatic N) is 2. The molecule has 0 spiro atoms. The number of amides is 1. The van der Waals surface area contributed by atoms with Crippen molar-refractivity contribution in [2.45, 2.75) is 53.0 Å². The third kappa shape index (κ3) is 6.13. The van der Waals surface area contributed by atoms with Crippen molar-refractivity contribution in [3.8, 4) is 5.75 Å². The summed E-state index contributed by atoms with van der Waals surface area (Å²) in [6, 6.07) is 12.6. The van der Waals surface area contributed by atoms with E-state index in [1.165, 1.54) is 0 Å². The lowest BCUT2D eigenvalue weighted by atomic mass is 9.85. The van der Waals surface area contributed by atoms with Gasteiger partial charge in [0.15, 0.2) is 0 Å². The maximum absolute atomic E-state index is 13.4. The van der Waals surface area contributed by atoms with Crippen LogP contribution in [0.4, 0.5) is 0 Å². The number of hydrogen-bond donors (Lipinski definition) is 1. The molecule has 2 aromatic carbocycles. The molecule has 0 unspecified atom stereocenters. The van der Waals surface area contributed by atoms with Gasteiger partial charge in [0.25, 0.3) is 11.7 Å². The molecule has 6 nitrogen and oxygen atoms in total. The Kier molecular flexibility index (Phi) is 8.98. The number of carbonyl (C=O) groups excluding carboxylic acids is 2. The molecule has 2 aromatic rings. The number of likely N-dealkylation sites (N-methyl/N-ethyl adjacent to an activating group) is 1. The van der Waals surface area contributed by atoms with Crippen LogP contribution in [0, 0.1) is 6.92 Å². The monoisotopic (exact) mass is 504 g/mol. The van der Waals surface area contributed by atoms with Crippen molar-refractivity contribution >= 4 is 17.4 Å². The highest BCUT2D eigenvalue weighted by atomic mass is 16.5. The predicted octanol–water partition coefficient (Wildman–Crippen LogP) is 5.62. The molecule has 6 heteroatoms. The van der Waals surface area contributed by atoms with Gasteiger partial charge >= 0.3 is 0 Å². The number of rotatable bonds is 10.